The number of benzene rings is 1. The highest BCUT2D eigenvalue weighted by Crippen LogP contribution is 2.21. The van der Waals surface area contributed by atoms with Crippen molar-refractivity contribution in [3.05, 3.63) is 35.4 Å². The maximum atomic E-state index is 13.6. The molecule has 1 unspecified atom stereocenters. The SMILES string of the molecule is CC(NCC(C)(C)N(C)C)c1c(F)cccc1F. The zero-order valence-corrected chi connectivity index (χ0v) is 11.7. The third-order valence-electron chi connectivity index (χ3n) is 3.48. The molecule has 0 radical (unpaired) electrons. The second-order valence-corrected chi connectivity index (χ2v) is 5.44. The number of hydrogen-bond donors (Lipinski definition) is 1. The largest absolute Gasteiger partial charge is 0.308 e. The van der Waals surface area contributed by atoms with Gasteiger partial charge in [0, 0.05) is 23.7 Å². The minimum absolute atomic E-state index is 0.0734. The number of halogens is 2. The third-order valence-corrected chi connectivity index (χ3v) is 3.48. The van der Waals surface area contributed by atoms with Crippen LogP contribution in [0.4, 0.5) is 8.78 Å². The molecule has 0 bridgehead atoms. The highest BCUT2D eigenvalue weighted by Gasteiger charge is 2.23. The molecule has 0 aliphatic rings. The van der Waals surface area contributed by atoms with Gasteiger partial charge in [-0.2, -0.15) is 0 Å². The standard InChI is InChI=1S/C14H22F2N2/c1-10(17-9-14(2,3)18(4)5)13-11(15)7-6-8-12(13)16/h6-8,10,17H,9H2,1-5H3. The number of likely N-dealkylation sites (N-methyl/N-ethyl adjacent to an activating group) is 1. The van der Waals surface area contributed by atoms with Crippen LogP contribution >= 0.6 is 0 Å². The Morgan fingerprint density at radius 3 is 2.17 bits per heavy atom. The van der Waals surface area contributed by atoms with Crippen molar-refractivity contribution in [3.8, 4) is 0 Å². The molecule has 1 rings (SSSR count). The quantitative estimate of drug-likeness (QED) is 0.871. The van der Waals surface area contributed by atoms with Gasteiger partial charge in [0.05, 0.1) is 0 Å². The Bertz CT molecular complexity index is 383. The lowest BCUT2D eigenvalue weighted by molar-refractivity contribution is 0.184. The molecule has 0 spiro atoms. The van der Waals surface area contributed by atoms with Crippen molar-refractivity contribution >= 4 is 0 Å². The maximum absolute atomic E-state index is 13.6. The molecule has 1 aromatic rings. The fraction of sp³-hybridized carbons (Fsp3) is 0.571. The Morgan fingerprint density at radius 1 is 1.22 bits per heavy atom. The highest BCUT2D eigenvalue weighted by atomic mass is 19.1. The van der Waals surface area contributed by atoms with Gasteiger partial charge in [-0.25, -0.2) is 8.78 Å². The van der Waals surface area contributed by atoms with Gasteiger partial charge in [-0.3, -0.25) is 0 Å². The van der Waals surface area contributed by atoms with E-state index < -0.39 is 11.6 Å². The summed E-state index contributed by atoms with van der Waals surface area (Å²) in [5, 5.41) is 3.18. The molecule has 0 saturated carbocycles. The summed E-state index contributed by atoms with van der Waals surface area (Å²) in [5.41, 5.74) is 0.0303. The maximum Gasteiger partial charge on any atom is 0.130 e. The summed E-state index contributed by atoms with van der Waals surface area (Å²) >= 11 is 0. The van der Waals surface area contributed by atoms with Crippen LogP contribution in [0.3, 0.4) is 0 Å². The van der Waals surface area contributed by atoms with Crippen molar-refractivity contribution in [2.24, 2.45) is 0 Å². The van der Waals surface area contributed by atoms with Crippen molar-refractivity contribution < 1.29 is 8.78 Å². The molecule has 18 heavy (non-hydrogen) atoms. The Kier molecular flexibility index (Phi) is 4.82. The molecule has 0 saturated heterocycles. The van der Waals surface area contributed by atoms with Crippen molar-refractivity contribution in [2.75, 3.05) is 20.6 Å². The van der Waals surface area contributed by atoms with Gasteiger partial charge in [0.2, 0.25) is 0 Å². The highest BCUT2D eigenvalue weighted by molar-refractivity contribution is 5.22. The molecular weight excluding hydrogens is 234 g/mol. The van der Waals surface area contributed by atoms with E-state index in [1.807, 2.05) is 14.1 Å². The average molecular weight is 256 g/mol. The van der Waals surface area contributed by atoms with E-state index in [4.69, 9.17) is 0 Å². The Hall–Kier alpha value is -1.00. The van der Waals surface area contributed by atoms with Crippen molar-refractivity contribution in [3.63, 3.8) is 0 Å². The molecule has 4 heteroatoms. The van der Waals surface area contributed by atoms with E-state index in [-0.39, 0.29) is 17.1 Å². The van der Waals surface area contributed by atoms with Crippen LogP contribution in [0.1, 0.15) is 32.4 Å². The zero-order valence-electron chi connectivity index (χ0n) is 11.7. The number of hydrogen-bond acceptors (Lipinski definition) is 2. The minimum atomic E-state index is -0.502. The fourth-order valence-electron chi connectivity index (χ4n) is 1.59. The van der Waals surface area contributed by atoms with Crippen LogP contribution in [0.15, 0.2) is 18.2 Å². The van der Waals surface area contributed by atoms with Crippen molar-refractivity contribution in [1.82, 2.24) is 10.2 Å². The lowest BCUT2D eigenvalue weighted by Crippen LogP contribution is -2.47. The van der Waals surface area contributed by atoms with Crippen LogP contribution in [0.2, 0.25) is 0 Å². The van der Waals surface area contributed by atoms with Gasteiger partial charge in [-0.05, 0) is 47.0 Å². The predicted octanol–water partition coefficient (Wildman–Crippen LogP) is 2.96. The summed E-state index contributed by atoms with van der Waals surface area (Å²) in [6.07, 6.45) is 0. The first-order valence-electron chi connectivity index (χ1n) is 6.10. The molecule has 0 heterocycles. The predicted molar refractivity (Wildman–Crippen MR) is 70.5 cm³/mol. The summed E-state index contributed by atoms with van der Waals surface area (Å²) in [5.74, 6) is -1.00. The molecule has 0 aromatic heterocycles. The normalized spacial score (nSPS) is 14.0. The molecule has 0 aliphatic carbocycles. The summed E-state index contributed by atoms with van der Waals surface area (Å²) in [6, 6.07) is 3.59. The molecule has 102 valence electrons. The van der Waals surface area contributed by atoms with Gasteiger partial charge in [0.1, 0.15) is 11.6 Å². The monoisotopic (exact) mass is 256 g/mol. The van der Waals surface area contributed by atoms with Gasteiger partial charge in [-0.15, -0.1) is 0 Å². The van der Waals surface area contributed by atoms with Gasteiger partial charge in [0.15, 0.2) is 0 Å². The summed E-state index contributed by atoms with van der Waals surface area (Å²) in [4.78, 5) is 2.07. The van der Waals surface area contributed by atoms with Gasteiger partial charge >= 0.3 is 0 Å². The number of nitrogens with one attached hydrogen (secondary N) is 1. The van der Waals surface area contributed by atoms with E-state index in [1.54, 1.807) is 6.92 Å². The summed E-state index contributed by atoms with van der Waals surface area (Å²) < 4.78 is 27.2. The second kappa shape index (κ2) is 5.76. The average Bonchev–Trinajstić information content (AvgIpc) is 2.26. The first kappa shape index (κ1) is 15.1. The van der Waals surface area contributed by atoms with Crippen LogP contribution in [0.5, 0.6) is 0 Å². The molecule has 2 nitrogen and oxygen atoms in total. The molecule has 0 amide bonds. The van der Waals surface area contributed by atoms with Crippen LogP contribution < -0.4 is 5.32 Å². The second-order valence-electron chi connectivity index (χ2n) is 5.44. The smallest absolute Gasteiger partial charge is 0.130 e. The van der Waals surface area contributed by atoms with Gasteiger partial charge < -0.3 is 10.2 Å². The van der Waals surface area contributed by atoms with Crippen LogP contribution in [-0.4, -0.2) is 31.1 Å². The van der Waals surface area contributed by atoms with E-state index in [0.717, 1.165) is 0 Å². The van der Waals surface area contributed by atoms with Gasteiger partial charge in [-0.1, -0.05) is 6.07 Å². The van der Waals surface area contributed by atoms with E-state index in [1.165, 1.54) is 18.2 Å². The topological polar surface area (TPSA) is 15.3 Å². The van der Waals surface area contributed by atoms with E-state index >= 15 is 0 Å². The van der Waals surface area contributed by atoms with Gasteiger partial charge in [0.25, 0.3) is 0 Å². The van der Waals surface area contributed by atoms with Crippen molar-refractivity contribution in [1.29, 1.82) is 0 Å². The molecule has 0 aliphatic heterocycles. The third kappa shape index (κ3) is 3.50. The summed E-state index contributed by atoms with van der Waals surface area (Å²) in [6.45, 7) is 6.57. The first-order valence-corrected chi connectivity index (χ1v) is 6.10. The zero-order chi connectivity index (χ0) is 13.9. The van der Waals surface area contributed by atoms with Crippen LogP contribution in [0.25, 0.3) is 0 Å². The number of nitrogens with zero attached hydrogens (tertiary/aromatic N) is 1. The molecule has 0 fully saturated rings. The Balaban J connectivity index is 2.75. The first-order chi connectivity index (χ1) is 8.25. The summed E-state index contributed by atoms with van der Waals surface area (Å²) in [7, 11) is 3.96. The van der Waals surface area contributed by atoms with Crippen LogP contribution in [0, 0.1) is 11.6 Å². The lowest BCUT2D eigenvalue weighted by Gasteiger charge is -2.34. The van der Waals surface area contributed by atoms with Crippen LogP contribution in [-0.2, 0) is 0 Å². The van der Waals surface area contributed by atoms with E-state index in [2.05, 4.69) is 24.1 Å². The Labute approximate surface area is 108 Å². The fourth-order valence-corrected chi connectivity index (χ4v) is 1.59. The number of rotatable bonds is 5. The Morgan fingerprint density at radius 2 is 1.72 bits per heavy atom. The molecule has 1 N–H and O–H groups in total. The molecule has 1 atom stereocenters. The van der Waals surface area contributed by atoms with Crippen molar-refractivity contribution in [2.45, 2.75) is 32.4 Å². The van der Waals surface area contributed by atoms with E-state index in [9.17, 15) is 8.78 Å². The van der Waals surface area contributed by atoms with E-state index in [0.29, 0.717) is 6.54 Å². The lowest BCUT2D eigenvalue weighted by atomic mass is 10.0. The molecule has 1 aromatic carbocycles. The minimum Gasteiger partial charge on any atom is -0.308 e. The molecular formula is C14H22F2N2.